The van der Waals surface area contributed by atoms with Crippen LogP contribution in [0.3, 0.4) is 0 Å². The molecule has 0 saturated carbocycles. The summed E-state index contributed by atoms with van der Waals surface area (Å²) in [5.41, 5.74) is -0.381. The fourth-order valence-corrected chi connectivity index (χ4v) is 1.53. The number of anilines is 1. The summed E-state index contributed by atoms with van der Waals surface area (Å²) in [6.07, 6.45) is 0. The molecule has 21 heavy (non-hydrogen) atoms. The predicted octanol–water partition coefficient (Wildman–Crippen LogP) is 1.12. The molecule has 1 aromatic rings. The molecule has 0 radical (unpaired) electrons. The number of carbonyl (C=O) groups is 3. The number of nitrogens with zero attached hydrogens (tertiary/aromatic N) is 1. The van der Waals surface area contributed by atoms with Gasteiger partial charge in [-0.2, -0.15) is 0 Å². The number of hydrogen-bond donors (Lipinski definition) is 3. The first kappa shape index (κ1) is 16.4. The zero-order chi connectivity index (χ0) is 16.0. The Kier molecular flexibility index (Phi) is 5.65. The first-order chi connectivity index (χ1) is 9.85. The van der Waals surface area contributed by atoms with Crippen molar-refractivity contribution >= 4 is 23.6 Å². The van der Waals surface area contributed by atoms with Gasteiger partial charge in [0.15, 0.2) is 0 Å². The molecule has 0 aliphatic heterocycles. The van der Waals surface area contributed by atoms with E-state index in [0.29, 0.717) is 6.54 Å². The van der Waals surface area contributed by atoms with Gasteiger partial charge in [0, 0.05) is 19.3 Å². The Hall–Kier alpha value is -2.64. The lowest BCUT2D eigenvalue weighted by Crippen LogP contribution is -2.40. The maximum atomic E-state index is 13.5. The quantitative estimate of drug-likeness (QED) is 0.758. The SMILES string of the molecule is CCNC(=O)CN(C)C(=O)Nc1ccc(C(=O)O)c(F)c1. The van der Waals surface area contributed by atoms with Gasteiger partial charge in [0.25, 0.3) is 0 Å². The van der Waals surface area contributed by atoms with Gasteiger partial charge in [0.1, 0.15) is 12.4 Å². The summed E-state index contributed by atoms with van der Waals surface area (Å²) < 4.78 is 13.5. The smallest absolute Gasteiger partial charge is 0.338 e. The number of aromatic carboxylic acids is 1. The molecule has 0 saturated heterocycles. The van der Waals surface area contributed by atoms with E-state index in [4.69, 9.17) is 5.11 Å². The molecule has 0 unspecified atom stereocenters. The fraction of sp³-hybridized carbons (Fsp3) is 0.308. The van der Waals surface area contributed by atoms with Crippen molar-refractivity contribution < 1.29 is 23.9 Å². The lowest BCUT2D eigenvalue weighted by molar-refractivity contribution is -0.121. The number of nitrogens with one attached hydrogen (secondary N) is 2. The number of hydrogen-bond acceptors (Lipinski definition) is 3. The Balaban J connectivity index is 2.68. The van der Waals surface area contributed by atoms with Crippen molar-refractivity contribution in [2.45, 2.75) is 6.92 Å². The van der Waals surface area contributed by atoms with Crippen molar-refractivity contribution in [2.24, 2.45) is 0 Å². The molecule has 8 heteroatoms. The molecule has 0 heterocycles. The normalized spacial score (nSPS) is 9.86. The van der Waals surface area contributed by atoms with Crippen molar-refractivity contribution in [1.82, 2.24) is 10.2 Å². The number of benzene rings is 1. The molecule has 0 aromatic heterocycles. The van der Waals surface area contributed by atoms with Crippen molar-refractivity contribution in [3.63, 3.8) is 0 Å². The second kappa shape index (κ2) is 7.22. The van der Waals surface area contributed by atoms with E-state index in [1.165, 1.54) is 13.1 Å². The number of amides is 3. The highest BCUT2D eigenvalue weighted by atomic mass is 19.1. The number of halogens is 1. The molecule has 0 atom stereocenters. The second-order valence-electron chi connectivity index (χ2n) is 4.24. The van der Waals surface area contributed by atoms with Crippen LogP contribution in [-0.2, 0) is 4.79 Å². The summed E-state index contributed by atoms with van der Waals surface area (Å²) in [5.74, 6) is -2.66. The van der Waals surface area contributed by atoms with Crippen LogP contribution in [0.4, 0.5) is 14.9 Å². The molecular weight excluding hydrogens is 281 g/mol. The summed E-state index contributed by atoms with van der Waals surface area (Å²) in [6, 6.07) is 2.62. The molecule has 114 valence electrons. The van der Waals surface area contributed by atoms with Crippen molar-refractivity contribution in [2.75, 3.05) is 25.5 Å². The standard InChI is InChI=1S/C13H16FN3O4/c1-3-15-11(18)7-17(2)13(21)16-8-4-5-9(12(19)20)10(14)6-8/h4-6H,3,7H2,1-2H3,(H,15,18)(H,16,21)(H,19,20). The molecular formula is C13H16FN3O4. The van der Waals surface area contributed by atoms with Gasteiger partial charge in [0.05, 0.1) is 5.56 Å². The van der Waals surface area contributed by atoms with E-state index in [9.17, 15) is 18.8 Å². The van der Waals surface area contributed by atoms with E-state index < -0.39 is 23.4 Å². The lowest BCUT2D eigenvalue weighted by atomic mass is 10.2. The Morgan fingerprint density at radius 1 is 1.33 bits per heavy atom. The summed E-state index contributed by atoms with van der Waals surface area (Å²) >= 11 is 0. The molecule has 0 aliphatic rings. The molecule has 7 nitrogen and oxygen atoms in total. The third kappa shape index (κ3) is 4.75. The van der Waals surface area contributed by atoms with Gasteiger partial charge >= 0.3 is 12.0 Å². The molecule has 0 aliphatic carbocycles. The largest absolute Gasteiger partial charge is 0.478 e. The second-order valence-corrected chi connectivity index (χ2v) is 4.24. The van der Waals surface area contributed by atoms with Crippen LogP contribution < -0.4 is 10.6 Å². The van der Waals surface area contributed by atoms with E-state index in [2.05, 4.69) is 10.6 Å². The first-order valence-electron chi connectivity index (χ1n) is 6.16. The highest BCUT2D eigenvalue weighted by molar-refractivity contribution is 5.93. The average Bonchev–Trinajstić information content (AvgIpc) is 2.38. The van der Waals surface area contributed by atoms with Crippen molar-refractivity contribution in [3.05, 3.63) is 29.6 Å². The number of rotatable bonds is 5. The Labute approximate surface area is 120 Å². The number of urea groups is 1. The number of carboxylic acids is 1. The van der Waals surface area contributed by atoms with E-state index >= 15 is 0 Å². The lowest BCUT2D eigenvalue weighted by Gasteiger charge is -2.17. The Bertz CT molecular complexity index is 562. The van der Waals surface area contributed by atoms with Crippen molar-refractivity contribution in [3.8, 4) is 0 Å². The number of carboxylic acid groups (broad SMARTS) is 1. The van der Waals surface area contributed by atoms with Crippen LogP contribution in [0, 0.1) is 5.82 Å². The minimum atomic E-state index is -1.39. The molecule has 0 spiro atoms. The monoisotopic (exact) mass is 297 g/mol. The summed E-state index contributed by atoms with van der Waals surface area (Å²) in [4.78, 5) is 34.9. The van der Waals surface area contributed by atoms with Crippen LogP contribution in [0.2, 0.25) is 0 Å². The highest BCUT2D eigenvalue weighted by Gasteiger charge is 2.15. The minimum Gasteiger partial charge on any atom is -0.478 e. The average molecular weight is 297 g/mol. The van der Waals surface area contributed by atoms with Crippen LogP contribution in [0.15, 0.2) is 18.2 Å². The van der Waals surface area contributed by atoms with Gasteiger partial charge in [-0.3, -0.25) is 4.79 Å². The Morgan fingerprint density at radius 3 is 2.52 bits per heavy atom. The number of carbonyl (C=O) groups excluding carboxylic acids is 2. The summed E-state index contributed by atoms with van der Waals surface area (Å²) in [7, 11) is 1.41. The number of likely N-dealkylation sites (N-methyl/N-ethyl adjacent to an activating group) is 2. The van der Waals surface area contributed by atoms with Crippen molar-refractivity contribution in [1.29, 1.82) is 0 Å². The van der Waals surface area contributed by atoms with Gasteiger partial charge in [0.2, 0.25) is 5.91 Å². The van der Waals surface area contributed by atoms with Crippen LogP contribution in [0.5, 0.6) is 0 Å². The van der Waals surface area contributed by atoms with Gasteiger partial charge in [-0.25, -0.2) is 14.0 Å². The maximum Gasteiger partial charge on any atom is 0.338 e. The van der Waals surface area contributed by atoms with E-state index in [1.54, 1.807) is 6.92 Å². The highest BCUT2D eigenvalue weighted by Crippen LogP contribution is 2.15. The summed E-state index contributed by atoms with van der Waals surface area (Å²) in [6.45, 7) is 2.07. The third-order valence-corrected chi connectivity index (χ3v) is 2.55. The first-order valence-corrected chi connectivity index (χ1v) is 6.16. The van der Waals surface area contributed by atoms with E-state index in [1.807, 2.05) is 0 Å². The van der Waals surface area contributed by atoms with Crippen LogP contribution in [0.25, 0.3) is 0 Å². The van der Waals surface area contributed by atoms with Crippen LogP contribution in [-0.4, -0.2) is 48.1 Å². The molecule has 1 aromatic carbocycles. The van der Waals surface area contributed by atoms with Gasteiger partial charge in [-0.1, -0.05) is 0 Å². The zero-order valence-electron chi connectivity index (χ0n) is 11.6. The van der Waals surface area contributed by atoms with Gasteiger partial charge in [-0.15, -0.1) is 0 Å². The fourth-order valence-electron chi connectivity index (χ4n) is 1.53. The van der Waals surface area contributed by atoms with E-state index in [0.717, 1.165) is 17.0 Å². The molecule has 0 fully saturated rings. The zero-order valence-corrected chi connectivity index (χ0v) is 11.6. The topological polar surface area (TPSA) is 98.7 Å². The molecule has 3 amide bonds. The third-order valence-electron chi connectivity index (χ3n) is 2.55. The summed E-state index contributed by atoms with van der Waals surface area (Å²) in [5, 5.41) is 13.6. The van der Waals surface area contributed by atoms with E-state index in [-0.39, 0.29) is 18.1 Å². The van der Waals surface area contributed by atoms with Crippen LogP contribution >= 0.6 is 0 Å². The predicted molar refractivity (Wildman–Crippen MR) is 73.7 cm³/mol. The molecule has 0 bridgehead atoms. The maximum absolute atomic E-state index is 13.5. The van der Waals surface area contributed by atoms with Crippen LogP contribution in [0.1, 0.15) is 17.3 Å². The molecule has 1 rings (SSSR count). The van der Waals surface area contributed by atoms with Gasteiger partial charge in [-0.05, 0) is 25.1 Å². The minimum absolute atomic E-state index is 0.102. The van der Waals surface area contributed by atoms with Gasteiger partial charge < -0.3 is 20.6 Å². The molecule has 3 N–H and O–H groups in total. The Morgan fingerprint density at radius 2 is 2.00 bits per heavy atom.